The predicted molar refractivity (Wildman–Crippen MR) is 65.9 cm³/mol. The maximum absolute atomic E-state index is 9.45. The Balaban J connectivity index is 1.92. The Morgan fingerprint density at radius 2 is 1.94 bits per heavy atom. The van der Waals surface area contributed by atoms with Crippen molar-refractivity contribution in [2.24, 2.45) is 0 Å². The van der Waals surface area contributed by atoms with Crippen molar-refractivity contribution in [1.29, 1.82) is 0 Å². The highest BCUT2D eigenvalue weighted by molar-refractivity contribution is 5.61. The topological polar surface area (TPSA) is 23.5 Å². The Kier molecular flexibility index (Phi) is 2.60. The van der Waals surface area contributed by atoms with E-state index < -0.39 is 0 Å². The van der Waals surface area contributed by atoms with Crippen molar-refractivity contribution in [2.75, 3.05) is 18.1 Å². The van der Waals surface area contributed by atoms with Gasteiger partial charge in [0.1, 0.15) is 0 Å². The van der Waals surface area contributed by atoms with Crippen molar-refractivity contribution in [3.63, 3.8) is 0 Å². The lowest BCUT2D eigenvalue weighted by Crippen LogP contribution is -2.32. The summed E-state index contributed by atoms with van der Waals surface area (Å²) < 4.78 is 0. The number of fused-ring (bicyclic) bond motifs is 1. The zero-order chi connectivity index (χ0) is 11.0. The molecule has 1 saturated carbocycles. The van der Waals surface area contributed by atoms with Gasteiger partial charge in [-0.1, -0.05) is 31.0 Å². The van der Waals surface area contributed by atoms with Gasteiger partial charge >= 0.3 is 0 Å². The second-order valence-corrected chi connectivity index (χ2v) is 5.03. The number of para-hydroxylation sites is 1. The van der Waals surface area contributed by atoms with Crippen LogP contribution in [0, 0.1) is 0 Å². The highest BCUT2D eigenvalue weighted by Gasteiger charge is 2.33. The second-order valence-electron chi connectivity index (χ2n) is 5.03. The van der Waals surface area contributed by atoms with Crippen molar-refractivity contribution in [3.8, 4) is 0 Å². The maximum Gasteiger partial charge on any atom is 0.0517 e. The zero-order valence-corrected chi connectivity index (χ0v) is 9.60. The summed E-state index contributed by atoms with van der Waals surface area (Å²) in [7, 11) is 0. The van der Waals surface area contributed by atoms with Crippen LogP contribution in [0.25, 0.3) is 0 Å². The van der Waals surface area contributed by atoms with Crippen LogP contribution in [0.1, 0.15) is 37.2 Å². The highest BCUT2D eigenvalue weighted by atomic mass is 16.3. The van der Waals surface area contributed by atoms with E-state index in [-0.39, 0.29) is 6.61 Å². The third-order valence-electron chi connectivity index (χ3n) is 4.09. The summed E-state index contributed by atoms with van der Waals surface area (Å²) in [5.41, 5.74) is 2.71. The lowest BCUT2D eigenvalue weighted by atomic mass is 10.0. The van der Waals surface area contributed by atoms with Crippen LogP contribution in [-0.2, 0) is 0 Å². The molecular formula is C14H19NO. The van der Waals surface area contributed by atoms with Crippen LogP contribution >= 0.6 is 0 Å². The SMILES string of the molecule is OCC1CN(C2CCCC2)c2ccccc21. The van der Waals surface area contributed by atoms with E-state index in [4.69, 9.17) is 0 Å². The summed E-state index contributed by atoms with van der Waals surface area (Å²) in [6, 6.07) is 9.30. The Hall–Kier alpha value is -1.02. The molecule has 1 atom stereocenters. The summed E-state index contributed by atoms with van der Waals surface area (Å²) in [6.07, 6.45) is 5.39. The molecule has 0 amide bonds. The number of rotatable bonds is 2. The third kappa shape index (κ3) is 1.52. The maximum atomic E-state index is 9.45. The molecule has 1 aromatic carbocycles. The average Bonchev–Trinajstić information content (AvgIpc) is 2.95. The van der Waals surface area contributed by atoms with Crippen LogP contribution in [0.5, 0.6) is 0 Å². The summed E-state index contributed by atoms with van der Waals surface area (Å²) in [4.78, 5) is 2.53. The molecule has 1 fully saturated rings. The van der Waals surface area contributed by atoms with Crippen LogP contribution in [0.3, 0.4) is 0 Å². The van der Waals surface area contributed by atoms with Gasteiger partial charge in [-0.2, -0.15) is 0 Å². The first-order valence-corrected chi connectivity index (χ1v) is 6.36. The molecule has 0 bridgehead atoms. The molecule has 1 N–H and O–H groups in total. The van der Waals surface area contributed by atoms with Gasteiger partial charge in [0.2, 0.25) is 0 Å². The van der Waals surface area contributed by atoms with E-state index in [1.54, 1.807) is 0 Å². The van der Waals surface area contributed by atoms with Crippen molar-refractivity contribution in [3.05, 3.63) is 29.8 Å². The molecule has 1 heterocycles. The van der Waals surface area contributed by atoms with Crippen molar-refractivity contribution in [2.45, 2.75) is 37.6 Å². The van der Waals surface area contributed by atoms with Crippen LogP contribution in [0.15, 0.2) is 24.3 Å². The smallest absolute Gasteiger partial charge is 0.0517 e. The Labute approximate surface area is 96.9 Å². The van der Waals surface area contributed by atoms with Gasteiger partial charge in [0.25, 0.3) is 0 Å². The largest absolute Gasteiger partial charge is 0.396 e. The van der Waals surface area contributed by atoms with E-state index in [9.17, 15) is 5.11 Å². The normalized spacial score (nSPS) is 25.1. The number of aliphatic hydroxyl groups is 1. The molecule has 0 radical (unpaired) electrons. The molecule has 1 aromatic rings. The van der Waals surface area contributed by atoms with Gasteiger partial charge in [-0.25, -0.2) is 0 Å². The van der Waals surface area contributed by atoms with Crippen LogP contribution in [-0.4, -0.2) is 24.3 Å². The molecule has 1 aliphatic carbocycles. The van der Waals surface area contributed by atoms with Gasteiger partial charge in [0, 0.05) is 24.2 Å². The van der Waals surface area contributed by atoms with Crippen molar-refractivity contribution >= 4 is 5.69 Å². The van der Waals surface area contributed by atoms with E-state index in [0.717, 1.165) is 12.6 Å². The predicted octanol–water partition coefficient (Wildman–Crippen LogP) is 2.53. The van der Waals surface area contributed by atoms with E-state index in [1.165, 1.54) is 36.9 Å². The van der Waals surface area contributed by atoms with Crippen molar-refractivity contribution < 1.29 is 5.11 Å². The fraction of sp³-hybridized carbons (Fsp3) is 0.571. The molecule has 2 heteroatoms. The molecule has 1 unspecified atom stereocenters. The fourth-order valence-electron chi connectivity index (χ4n) is 3.25. The minimum Gasteiger partial charge on any atom is -0.396 e. The molecule has 0 aromatic heterocycles. The first-order valence-electron chi connectivity index (χ1n) is 6.36. The van der Waals surface area contributed by atoms with E-state index in [0.29, 0.717) is 5.92 Å². The number of nitrogens with zero attached hydrogens (tertiary/aromatic N) is 1. The molecule has 1 aliphatic heterocycles. The summed E-state index contributed by atoms with van der Waals surface area (Å²) >= 11 is 0. The van der Waals surface area contributed by atoms with Crippen LogP contribution in [0.2, 0.25) is 0 Å². The Bertz CT molecular complexity index is 371. The lowest BCUT2D eigenvalue weighted by Gasteiger charge is -2.27. The number of hydrogen-bond acceptors (Lipinski definition) is 2. The monoisotopic (exact) mass is 217 g/mol. The van der Waals surface area contributed by atoms with Crippen LogP contribution in [0.4, 0.5) is 5.69 Å². The van der Waals surface area contributed by atoms with Gasteiger partial charge in [-0.3, -0.25) is 0 Å². The highest BCUT2D eigenvalue weighted by Crippen LogP contribution is 2.40. The number of anilines is 1. The van der Waals surface area contributed by atoms with Crippen LogP contribution < -0.4 is 4.90 Å². The molecule has 3 rings (SSSR count). The Morgan fingerprint density at radius 1 is 1.19 bits per heavy atom. The zero-order valence-electron chi connectivity index (χ0n) is 9.60. The van der Waals surface area contributed by atoms with Gasteiger partial charge in [-0.15, -0.1) is 0 Å². The van der Waals surface area contributed by atoms with Crippen molar-refractivity contribution in [1.82, 2.24) is 0 Å². The second kappa shape index (κ2) is 4.10. The standard InChI is InChI=1S/C14H19NO/c16-10-11-9-15(12-5-1-2-6-12)14-8-4-3-7-13(11)14/h3-4,7-8,11-12,16H,1-2,5-6,9-10H2. The van der Waals surface area contributed by atoms with E-state index in [1.807, 2.05) is 0 Å². The summed E-state index contributed by atoms with van der Waals surface area (Å²) in [6.45, 7) is 1.29. The summed E-state index contributed by atoms with van der Waals surface area (Å²) in [5, 5.41) is 9.45. The minimum atomic E-state index is 0.278. The third-order valence-corrected chi connectivity index (χ3v) is 4.09. The van der Waals surface area contributed by atoms with Gasteiger partial charge in [0.15, 0.2) is 0 Å². The molecule has 0 spiro atoms. The lowest BCUT2D eigenvalue weighted by molar-refractivity contribution is 0.269. The number of aliphatic hydroxyl groups excluding tert-OH is 1. The quantitative estimate of drug-likeness (QED) is 0.823. The van der Waals surface area contributed by atoms with Gasteiger partial charge in [-0.05, 0) is 24.5 Å². The van der Waals surface area contributed by atoms with E-state index >= 15 is 0 Å². The average molecular weight is 217 g/mol. The first kappa shape index (κ1) is 10.2. The minimum absolute atomic E-state index is 0.278. The molecular weight excluding hydrogens is 198 g/mol. The van der Waals surface area contributed by atoms with Gasteiger partial charge in [0.05, 0.1) is 6.61 Å². The number of hydrogen-bond donors (Lipinski definition) is 1. The molecule has 86 valence electrons. The molecule has 2 nitrogen and oxygen atoms in total. The van der Waals surface area contributed by atoms with E-state index in [2.05, 4.69) is 29.2 Å². The molecule has 16 heavy (non-hydrogen) atoms. The molecule has 0 saturated heterocycles. The number of benzene rings is 1. The van der Waals surface area contributed by atoms with Gasteiger partial charge < -0.3 is 10.0 Å². The fourth-order valence-corrected chi connectivity index (χ4v) is 3.25. The summed E-state index contributed by atoms with van der Waals surface area (Å²) in [5.74, 6) is 0.330. The Morgan fingerprint density at radius 3 is 2.69 bits per heavy atom. The first-order chi connectivity index (χ1) is 7.90. The molecule has 2 aliphatic rings.